The maximum absolute atomic E-state index is 9.54. The molecule has 0 aliphatic rings. The van der Waals surface area contributed by atoms with Gasteiger partial charge in [0.25, 0.3) is 0 Å². The number of hydrogen-bond acceptors (Lipinski definition) is 6. The van der Waals surface area contributed by atoms with E-state index in [1.807, 2.05) is 54.6 Å². The average Bonchev–Trinajstić information content (AvgIpc) is 3.61. The first kappa shape index (κ1) is 31.7. The number of fused-ring (bicyclic) bond motifs is 7. The van der Waals surface area contributed by atoms with Crippen molar-refractivity contribution in [3.05, 3.63) is 175 Å². The standard InChI is InChI=1S/C48H27N7/c49-24-30-20-32(28-51-26-30)41-16-8-18-43(53-41)39-22-45-47(37-14-6-4-12-35(37)39)48-38-15-7-5-13-36(38)40(23-46(48)55(45)34-10-2-1-3-11-34)44-19-9-17-42(54-44)33-21-31(25-50)27-52-29-33/h1-23,26-29H. The lowest BCUT2D eigenvalue weighted by Gasteiger charge is -2.13. The fraction of sp³-hybridized carbons (Fsp3) is 0. The number of aromatic nitrogens is 5. The van der Waals surface area contributed by atoms with E-state index in [1.165, 1.54) is 0 Å². The van der Waals surface area contributed by atoms with Crippen molar-refractivity contribution in [1.82, 2.24) is 24.5 Å². The van der Waals surface area contributed by atoms with Gasteiger partial charge in [0.2, 0.25) is 0 Å². The molecule has 7 heteroatoms. The molecule has 0 aliphatic heterocycles. The predicted octanol–water partition coefficient (Wildman–Crippen LogP) is 11.1. The molecule has 10 rings (SSSR count). The third-order valence-electron chi connectivity index (χ3n) is 10.2. The number of rotatable bonds is 5. The summed E-state index contributed by atoms with van der Waals surface area (Å²) in [5.41, 5.74) is 10.8. The van der Waals surface area contributed by atoms with Crippen LogP contribution in [0.4, 0.5) is 0 Å². The molecule has 5 aromatic heterocycles. The van der Waals surface area contributed by atoms with Crippen LogP contribution in [0.1, 0.15) is 11.1 Å². The fourth-order valence-corrected chi connectivity index (χ4v) is 7.78. The highest BCUT2D eigenvalue weighted by atomic mass is 15.0. The van der Waals surface area contributed by atoms with E-state index in [1.54, 1.807) is 24.8 Å². The quantitative estimate of drug-likeness (QED) is 0.177. The molecule has 0 saturated carbocycles. The summed E-state index contributed by atoms with van der Waals surface area (Å²) in [6, 6.07) is 52.2. The molecule has 10 aromatic rings. The summed E-state index contributed by atoms with van der Waals surface area (Å²) < 4.78 is 2.35. The topological polar surface area (TPSA) is 104 Å². The smallest absolute Gasteiger partial charge is 0.101 e. The third-order valence-corrected chi connectivity index (χ3v) is 10.2. The Bertz CT molecular complexity index is 3040. The molecule has 254 valence electrons. The maximum atomic E-state index is 9.54. The number of nitriles is 2. The summed E-state index contributed by atoms with van der Waals surface area (Å²) in [7, 11) is 0. The molecule has 0 radical (unpaired) electrons. The lowest BCUT2D eigenvalue weighted by atomic mass is 9.93. The Morgan fingerprint density at radius 3 is 1.33 bits per heavy atom. The molecule has 0 unspecified atom stereocenters. The number of para-hydroxylation sites is 1. The van der Waals surface area contributed by atoms with Gasteiger partial charge in [0.1, 0.15) is 12.1 Å². The average molecular weight is 702 g/mol. The number of pyridine rings is 4. The highest BCUT2D eigenvalue weighted by molar-refractivity contribution is 6.31. The van der Waals surface area contributed by atoms with Crippen molar-refractivity contribution in [3.8, 4) is 62.9 Å². The van der Waals surface area contributed by atoms with E-state index in [9.17, 15) is 10.5 Å². The zero-order valence-electron chi connectivity index (χ0n) is 29.2. The van der Waals surface area contributed by atoms with E-state index in [0.29, 0.717) is 11.1 Å². The summed E-state index contributed by atoms with van der Waals surface area (Å²) in [4.78, 5) is 18.9. The second-order valence-corrected chi connectivity index (χ2v) is 13.4. The SMILES string of the molecule is N#Cc1cncc(-c2cccc(-c3cc4c(c5ccccc35)c3c5ccccc5c(-c5cccc(-c6cncc(C#N)c6)n5)cc3n4-c3ccccc3)n2)c1. The van der Waals surface area contributed by atoms with Crippen LogP contribution >= 0.6 is 0 Å². The van der Waals surface area contributed by atoms with Gasteiger partial charge in [0, 0.05) is 63.5 Å². The first-order chi connectivity index (χ1) is 27.2. The summed E-state index contributed by atoms with van der Waals surface area (Å²) in [5.74, 6) is 0. The first-order valence-electron chi connectivity index (χ1n) is 17.8. The van der Waals surface area contributed by atoms with Crippen LogP contribution in [0.2, 0.25) is 0 Å². The molecule has 0 spiro atoms. The lowest BCUT2D eigenvalue weighted by Crippen LogP contribution is -1.96. The van der Waals surface area contributed by atoms with E-state index >= 15 is 0 Å². The van der Waals surface area contributed by atoms with Crippen molar-refractivity contribution in [1.29, 1.82) is 10.5 Å². The molecule has 5 heterocycles. The second kappa shape index (κ2) is 12.9. The Balaban J connectivity index is 1.29. The molecule has 7 nitrogen and oxygen atoms in total. The fourth-order valence-electron chi connectivity index (χ4n) is 7.78. The van der Waals surface area contributed by atoms with Gasteiger partial charge in [-0.1, -0.05) is 78.9 Å². The molecule has 5 aromatic carbocycles. The Labute approximate surface area is 315 Å². The number of hydrogen-bond donors (Lipinski definition) is 0. The molecule has 0 aliphatic carbocycles. The van der Waals surface area contributed by atoms with Gasteiger partial charge in [0.05, 0.1) is 44.9 Å². The lowest BCUT2D eigenvalue weighted by molar-refractivity contribution is 1.18. The summed E-state index contributed by atoms with van der Waals surface area (Å²) in [6.07, 6.45) is 6.61. The number of nitrogens with zero attached hydrogens (tertiary/aromatic N) is 7. The molecule has 0 amide bonds. The van der Waals surface area contributed by atoms with E-state index < -0.39 is 0 Å². The van der Waals surface area contributed by atoms with E-state index in [4.69, 9.17) is 9.97 Å². The maximum Gasteiger partial charge on any atom is 0.101 e. The van der Waals surface area contributed by atoms with Crippen LogP contribution in [0.5, 0.6) is 0 Å². The van der Waals surface area contributed by atoms with Crippen molar-refractivity contribution >= 4 is 43.4 Å². The van der Waals surface area contributed by atoms with E-state index in [2.05, 4.69) is 112 Å². The Hall–Kier alpha value is -8.00. The van der Waals surface area contributed by atoms with Crippen molar-refractivity contribution < 1.29 is 0 Å². The van der Waals surface area contributed by atoms with Crippen molar-refractivity contribution in [2.45, 2.75) is 0 Å². The van der Waals surface area contributed by atoms with Crippen molar-refractivity contribution in [2.75, 3.05) is 0 Å². The molecule has 0 bridgehead atoms. The van der Waals surface area contributed by atoms with Crippen molar-refractivity contribution in [3.63, 3.8) is 0 Å². The molecular formula is C48H27N7. The van der Waals surface area contributed by atoms with Crippen LogP contribution < -0.4 is 0 Å². The first-order valence-corrected chi connectivity index (χ1v) is 17.8. The van der Waals surface area contributed by atoms with Crippen LogP contribution in [-0.2, 0) is 0 Å². The Morgan fingerprint density at radius 2 is 0.855 bits per heavy atom. The summed E-state index contributed by atoms with van der Waals surface area (Å²) in [5, 5.41) is 25.8. The van der Waals surface area contributed by atoms with Crippen molar-refractivity contribution in [2.24, 2.45) is 0 Å². The van der Waals surface area contributed by atoms with Crippen LogP contribution in [0.15, 0.2) is 164 Å². The minimum absolute atomic E-state index is 0.489. The molecule has 0 fully saturated rings. The second-order valence-electron chi connectivity index (χ2n) is 13.4. The Kier molecular flexibility index (Phi) is 7.43. The van der Waals surface area contributed by atoms with Gasteiger partial charge >= 0.3 is 0 Å². The van der Waals surface area contributed by atoms with Gasteiger partial charge in [-0.25, -0.2) is 9.97 Å². The monoisotopic (exact) mass is 701 g/mol. The highest BCUT2D eigenvalue weighted by Gasteiger charge is 2.22. The largest absolute Gasteiger partial charge is 0.309 e. The molecule has 0 atom stereocenters. The Morgan fingerprint density at radius 1 is 0.418 bits per heavy atom. The summed E-state index contributed by atoms with van der Waals surface area (Å²) >= 11 is 0. The van der Waals surface area contributed by atoms with Gasteiger partial charge in [-0.15, -0.1) is 0 Å². The molecule has 55 heavy (non-hydrogen) atoms. The normalized spacial score (nSPS) is 11.2. The van der Waals surface area contributed by atoms with E-state index in [-0.39, 0.29) is 0 Å². The van der Waals surface area contributed by atoms with Crippen LogP contribution in [-0.4, -0.2) is 24.5 Å². The third kappa shape index (κ3) is 5.27. The zero-order valence-corrected chi connectivity index (χ0v) is 29.2. The van der Waals surface area contributed by atoms with E-state index in [0.717, 1.165) is 94.1 Å². The van der Waals surface area contributed by atoms with Gasteiger partial charge in [-0.05, 0) is 82.2 Å². The molecular weight excluding hydrogens is 675 g/mol. The van der Waals surface area contributed by atoms with Crippen LogP contribution in [0, 0.1) is 22.7 Å². The predicted molar refractivity (Wildman–Crippen MR) is 218 cm³/mol. The van der Waals surface area contributed by atoms with Gasteiger partial charge < -0.3 is 4.57 Å². The minimum Gasteiger partial charge on any atom is -0.309 e. The minimum atomic E-state index is 0.489. The molecule has 0 saturated heterocycles. The van der Waals surface area contributed by atoms with Crippen LogP contribution in [0.3, 0.4) is 0 Å². The van der Waals surface area contributed by atoms with Gasteiger partial charge in [0.15, 0.2) is 0 Å². The molecule has 0 N–H and O–H groups in total. The number of benzene rings is 5. The van der Waals surface area contributed by atoms with Gasteiger partial charge in [-0.3, -0.25) is 9.97 Å². The highest BCUT2D eigenvalue weighted by Crippen LogP contribution is 2.46. The zero-order chi connectivity index (χ0) is 36.9. The van der Waals surface area contributed by atoms with Gasteiger partial charge in [-0.2, -0.15) is 10.5 Å². The van der Waals surface area contributed by atoms with Crippen LogP contribution in [0.25, 0.3) is 94.1 Å². The summed E-state index contributed by atoms with van der Waals surface area (Å²) in [6.45, 7) is 0.